The zero-order valence-electron chi connectivity index (χ0n) is 15.2. The molecule has 0 bridgehead atoms. The SMILES string of the molecule is COc1ccc(CN(CCN(C)C)Cc2ccccc2)cc1OC. The maximum absolute atomic E-state index is 5.42. The molecule has 0 aliphatic rings. The van der Waals surface area contributed by atoms with E-state index in [4.69, 9.17) is 9.47 Å². The van der Waals surface area contributed by atoms with Gasteiger partial charge in [-0.1, -0.05) is 36.4 Å². The minimum atomic E-state index is 0.768. The molecule has 0 fully saturated rings. The average molecular weight is 328 g/mol. The molecule has 0 N–H and O–H groups in total. The van der Waals surface area contributed by atoms with Crippen LogP contribution in [0.5, 0.6) is 11.5 Å². The molecule has 0 amide bonds. The van der Waals surface area contributed by atoms with Gasteiger partial charge in [-0.25, -0.2) is 0 Å². The molecule has 0 aromatic heterocycles. The molecule has 2 aromatic rings. The summed E-state index contributed by atoms with van der Waals surface area (Å²) in [6.45, 7) is 3.85. The van der Waals surface area contributed by atoms with Crippen LogP contribution in [0, 0.1) is 0 Å². The van der Waals surface area contributed by atoms with Crippen molar-refractivity contribution in [1.29, 1.82) is 0 Å². The van der Waals surface area contributed by atoms with Gasteiger partial charge in [0.25, 0.3) is 0 Å². The Morgan fingerprint density at radius 3 is 2.04 bits per heavy atom. The Balaban J connectivity index is 2.11. The molecule has 0 unspecified atom stereocenters. The standard InChI is InChI=1S/C20H28N2O2/c1-21(2)12-13-22(15-17-8-6-5-7-9-17)16-18-10-11-19(23-3)20(14-18)24-4/h5-11,14H,12-13,15-16H2,1-4H3. The molecule has 0 saturated carbocycles. The van der Waals surface area contributed by atoms with Gasteiger partial charge in [-0.2, -0.15) is 0 Å². The van der Waals surface area contributed by atoms with Crippen LogP contribution in [0.1, 0.15) is 11.1 Å². The van der Waals surface area contributed by atoms with Gasteiger partial charge in [0, 0.05) is 26.2 Å². The fraction of sp³-hybridized carbons (Fsp3) is 0.400. The summed E-state index contributed by atoms with van der Waals surface area (Å²) in [6.07, 6.45) is 0. The Bertz CT molecular complexity index is 614. The summed E-state index contributed by atoms with van der Waals surface area (Å²) in [5.41, 5.74) is 2.55. The van der Waals surface area contributed by atoms with E-state index in [-0.39, 0.29) is 0 Å². The molecular formula is C20H28N2O2. The maximum Gasteiger partial charge on any atom is 0.161 e. The van der Waals surface area contributed by atoms with Crippen molar-refractivity contribution in [2.75, 3.05) is 41.4 Å². The maximum atomic E-state index is 5.42. The van der Waals surface area contributed by atoms with Gasteiger partial charge in [-0.3, -0.25) is 4.90 Å². The van der Waals surface area contributed by atoms with Gasteiger partial charge in [0.2, 0.25) is 0 Å². The first kappa shape index (κ1) is 18.3. The fourth-order valence-corrected chi connectivity index (χ4v) is 2.63. The summed E-state index contributed by atoms with van der Waals surface area (Å²) in [5, 5.41) is 0. The molecule has 0 saturated heterocycles. The quantitative estimate of drug-likeness (QED) is 0.705. The Morgan fingerprint density at radius 2 is 1.42 bits per heavy atom. The zero-order chi connectivity index (χ0) is 17.4. The van der Waals surface area contributed by atoms with Gasteiger partial charge >= 0.3 is 0 Å². The van der Waals surface area contributed by atoms with Crippen LogP contribution in [0.15, 0.2) is 48.5 Å². The van der Waals surface area contributed by atoms with Crippen LogP contribution in [0.2, 0.25) is 0 Å². The molecule has 0 atom stereocenters. The molecule has 0 radical (unpaired) electrons. The van der Waals surface area contributed by atoms with Crippen molar-refractivity contribution in [3.05, 3.63) is 59.7 Å². The van der Waals surface area contributed by atoms with Crippen molar-refractivity contribution in [1.82, 2.24) is 9.80 Å². The third-order valence-corrected chi connectivity index (χ3v) is 3.97. The third kappa shape index (κ3) is 5.55. The van der Waals surface area contributed by atoms with Crippen LogP contribution in [0.25, 0.3) is 0 Å². The average Bonchev–Trinajstić information content (AvgIpc) is 2.60. The number of hydrogen-bond acceptors (Lipinski definition) is 4. The molecule has 0 aliphatic carbocycles. The molecule has 24 heavy (non-hydrogen) atoms. The number of benzene rings is 2. The van der Waals surface area contributed by atoms with E-state index < -0.39 is 0 Å². The van der Waals surface area contributed by atoms with Crippen LogP contribution < -0.4 is 9.47 Å². The van der Waals surface area contributed by atoms with Gasteiger partial charge in [0.1, 0.15) is 0 Å². The van der Waals surface area contributed by atoms with Crippen LogP contribution in [0.3, 0.4) is 0 Å². The number of likely N-dealkylation sites (N-methyl/N-ethyl adjacent to an activating group) is 1. The predicted octanol–water partition coefficient (Wildman–Crippen LogP) is 3.27. The van der Waals surface area contributed by atoms with Crippen molar-refractivity contribution >= 4 is 0 Å². The van der Waals surface area contributed by atoms with E-state index in [1.807, 2.05) is 6.07 Å². The van der Waals surface area contributed by atoms with E-state index in [0.717, 1.165) is 37.7 Å². The lowest BCUT2D eigenvalue weighted by Crippen LogP contribution is -2.31. The summed E-state index contributed by atoms with van der Waals surface area (Å²) in [5.74, 6) is 1.55. The number of rotatable bonds is 9. The molecule has 4 heteroatoms. The van der Waals surface area contributed by atoms with Crippen LogP contribution >= 0.6 is 0 Å². The van der Waals surface area contributed by atoms with E-state index in [9.17, 15) is 0 Å². The Hall–Kier alpha value is -2.04. The summed E-state index contributed by atoms with van der Waals surface area (Å²) in [7, 11) is 7.56. The number of nitrogens with zero attached hydrogens (tertiary/aromatic N) is 2. The number of hydrogen-bond donors (Lipinski definition) is 0. The zero-order valence-corrected chi connectivity index (χ0v) is 15.2. The smallest absolute Gasteiger partial charge is 0.161 e. The lowest BCUT2D eigenvalue weighted by Gasteiger charge is -2.24. The van der Waals surface area contributed by atoms with Crippen LogP contribution in [-0.4, -0.2) is 51.2 Å². The highest BCUT2D eigenvalue weighted by molar-refractivity contribution is 5.42. The van der Waals surface area contributed by atoms with E-state index >= 15 is 0 Å². The molecular weight excluding hydrogens is 300 g/mol. The molecule has 130 valence electrons. The van der Waals surface area contributed by atoms with Crippen molar-refractivity contribution in [3.8, 4) is 11.5 Å². The molecule has 0 heterocycles. The van der Waals surface area contributed by atoms with Gasteiger partial charge in [0.05, 0.1) is 14.2 Å². The second kappa shape index (κ2) is 9.30. The van der Waals surface area contributed by atoms with Crippen molar-refractivity contribution < 1.29 is 9.47 Å². The Kier molecular flexibility index (Phi) is 7.09. The lowest BCUT2D eigenvalue weighted by molar-refractivity contribution is 0.226. The number of methoxy groups -OCH3 is 2. The summed E-state index contributed by atoms with van der Waals surface area (Å²) < 4.78 is 10.7. The normalized spacial score (nSPS) is 11.1. The first-order valence-electron chi connectivity index (χ1n) is 8.24. The number of ether oxygens (including phenoxy) is 2. The summed E-state index contributed by atoms with van der Waals surface area (Å²) >= 11 is 0. The molecule has 2 aromatic carbocycles. The molecule has 0 spiro atoms. The van der Waals surface area contributed by atoms with Gasteiger partial charge in [-0.05, 0) is 37.4 Å². The van der Waals surface area contributed by atoms with Crippen LogP contribution in [-0.2, 0) is 13.1 Å². The molecule has 0 aliphatic heterocycles. The van der Waals surface area contributed by atoms with E-state index in [0.29, 0.717) is 0 Å². The van der Waals surface area contributed by atoms with Crippen molar-refractivity contribution in [2.45, 2.75) is 13.1 Å². The fourth-order valence-electron chi connectivity index (χ4n) is 2.63. The van der Waals surface area contributed by atoms with Crippen molar-refractivity contribution in [2.24, 2.45) is 0 Å². The topological polar surface area (TPSA) is 24.9 Å². The second-order valence-electron chi connectivity index (χ2n) is 6.19. The predicted molar refractivity (Wildman–Crippen MR) is 98.7 cm³/mol. The van der Waals surface area contributed by atoms with Gasteiger partial charge in [0.15, 0.2) is 11.5 Å². The highest BCUT2D eigenvalue weighted by Gasteiger charge is 2.10. The van der Waals surface area contributed by atoms with E-state index in [1.54, 1.807) is 14.2 Å². The first-order chi connectivity index (χ1) is 11.6. The summed E-state index contributed by atoms with van der Waals surface area (Å²) in [6, 6.07) is 16.7. The van der Waals surface area contributed by atoms with Gasteiger partial charge < -0.3 is 14.4 Å². The van der Waals surface area contributed by atoms with E-state index in [1.165, 1.54) is 11.1 Å². The van der Waals surface area contributed by atoms with Crippen molar-refractivity contribution in [3.63, 3.8) is 0 Å². The highest BCUT2D eigenvalue weighted by Crippen LogP contribution is 2.28. The van der Waals surface area contributed by atoms with Gasteiger partial charge in [-0.15, -0.1) is 0 Å². The first-order valence-corrected chi connectivity index (χ1v) is 8.24. The minimum absolute atomic E-state index is 0.768. The largest absolute Gasteiger partial charge is 0.493 e. The monoisotopic (exact) mass is 328 g/mol. The Morgan fingerprint density at radius 1 is 0.750 bits per heavy atom. The minimum Gasteiger partial charge on any atom is -0.493 e. The molecule has 2 rings (SSSR count). The second-order valence-corrected chi connectivity index (χ2v) is 6.19. The summed E-state index contributed by atoms with van der Waals surface area (Å²) in [4.78, 5) is 4.67. The highest BCUT2D eigenvalue weighted by atomic mass is 16.5. The Labute approximate surface area is 145 Å². The van der Waals surface area contributed by atoms with Crippen LogP contribution in [0.4, 0.5) is 0 Å². The molecule has 4 nitrogen and oxygen atoms in total. The lowest BCUT2D eigenvalue weighted by atomic mass is 10.1. The third-order valence-electron chi connectivity index (χ3n) is 3.97. The van der Waals surface area contributed by atoms with E-state index in [2.05, 4.69) is 66.4 Å².